The number of hydrogen-bond donors (Lipinski definition) is 1. The molecule has 2 fully saturated rings. The average molecular weight is 430 g/mol. The first-order chi connectivity index (χ1) is 12.8. The summed E-state index contributed by atoms with van der Waals surface area (Å²) in [6.45, 7) is 6.27. The summed E-state index contributed by atoms with van der Waals surface area (Å²) in [5.41, 5.74) is 1.83. The molecule has 3 rings (SSSR count). The number of nitrogens with zero attached hydrogens (tertiary/aromatic N) is 2. The second-order valence-electron chi connectivity index (χ2n) is 7.83. The maximum atomic E-state index is 13.0. The minimum absolute atomic E-state index is 0. The van der Waals surface area contributed by atoms with Crippen LogP contribution in [0.2, 0.25) is 0 Å². The van der Waals surface area contributed by atoms with Gasteiger partial charge in [0, 0.05) is 38.1 Å². The lowest BCUT2D eigenvalue weighted by Crippen LogP contribution is -2.47. The Labute approximate surface area is 175 Å². The lowest BCUT2D eigenvalue weighted by atomic mass is 9.96. The van der Waals surface area contributed by atoms with Crippen molar-refractivity contribution in [2.75, 3.05) is 33.2 Å². The largest absolute Gasteiger partial charge is 0.338 e. The van der Waals surface area contributed by atoms with Crippen molar-refractivity contribution in [3.05, 3.63) is 29.3 Å². The molecule has 28 heavy (non-hydrogen) atoms. The van der Waals surface area contributed by atoms with E-state index >= 15 is 0 Å². The summed E-state index contributed by atoms with van der Waals surface area (Å²) < 4.78 is 27.6. The van der Waals surface area contributed by atoms with E-state index in [1.165, 1.54) is 0 Å². The quantitative estimate of drug-likeness (QED) is 0.779. The van der Waals surface area contributed by atoms with E-state index in [1.807, 2.05) is 37.9 Å². The molecule has 0 spiro atoms. The standard InChI is InChI=1S/C20H31N3O3S.ClH/c1-15-6-7-19(16(2)13-15)27(25,26)22-11-8-17(9-12-22)20(24)23-10-4-5-18(23)14-21-3;/h6-7,13,17-18,21H,4-5,8-12,14H2,1-3H3;1H. The van der Waals surface area contributed by atoms with Crippen molar-refractivity contribution < 1.29 is 13.2 Å². The van der Waals surface area contributed by atoms with Crippen molar-refractivity contribution in [1.29, 1.82) is 0 Å². The van der Waals surface area contributed by atoms with Crippen LogP contribution in [0.3, 0.4) is 0 Å². The Kier molecular flexibility index (Phi) is 7.90. The minimum atomic E-state index is -3.50. The van der Waals surface area contributed by atoms with E-state index in [9.17, 15) is 13.2 Å². The van der Waals surface area contributed by atoms with E-state index in [-0.39, 0.29) is 30.3 Å². The molecule has 2 saturated heterocycles. The van der Waals surface area contributed by atoms with E-state index in [0.29, 0.717) is 30.8 Å². The highest BCUT2D eigenvalue weighted by Crippen LogP contribution is 2.29. The SMILES string of the molecule is CNCC1CCCN1C(=O)C1CCN(S(=O)(=O)c2ccc(C)cc2C)CC1.Cl. The van der Waals surface area contributed by atoms with Gasteiger partial charge < -0.3 is 10.2 Å². The summed E-state index contributed by atoms with van der Waals surface area (Å²) in [4.78, 5) is 15.3. The number of hydrogen-bond acceptors (Lipinski definition) is 4. The molecule has 2 aliphatic rings. The molecule has 1 amide bonds. The van der Waals surface area contributed by atoms with Gasteiger partial charge in [0.1, 0.15) is 0 Å². The van der Waals surface area contributed by atoms with Crippen LogP contribution in [0.4, 0.5) is 0 Å². The molecule has 0 radical (unpaired) electrons. The number of nitrogens with one attached hydrogen (secondary N) is 1. The monoisotopic (exact) mass is 429 g/mol. The lowest BCUT2D eigenvalue weighted by Gasteiger charge is -2.34. The molecule has 0 aliphatic carbocycles. The summed E-state index contributed by atoms with van der Waals surface area (Å²) >= 11 is 0. The number of halogens is 1. The molecule has 0 bridgehead atoms. The molecule has 2 heterocycles. The van der Waals surface area contributed by atoms with Gasteiger partial charge in [0.25, 0.3) is 0 Å². The second-order valence-corrected chi connectivity index (χ2v) is 9.74. The van der Waals surface area contributed by atoms with Crippen LogP contribution in [0.25, 0.3) is 0 Å². The van der Waals surface area contributed by atoms with E-state index in [1.54, 1.807) is 10.4 Å². The predicted octanol–water partition coefficient (Wildman–Crippen LogP) is 2.34. The van der Waals surface area contributed by atoms with E-state index in [2.05, 4.69) is 5.32 Å². The molecule has 6 nitrogen and oxygen atoms in total. The molecular formula is C20H32ClN3O3S. The number of aryl methyl sites for hydroxylation is 2. The van der Waals surface area contributed by atoms with Crippen LogP contribution in [0.5, 0.6) is 0 Å². The fourth-order valence-electron chi connectivity index (χ4n) is 4.38. The number of carbonyl (C=O) groups excluding carboxylic acids is 1. The van der Waals surface area contributed by atoms with Crippen molar-refractivity contribution in [3.63, 3.8) is 0 Å². The molecule has 0 saturated carbocycles. The molecule has 1 N–H and O–H groups in total. The smallest absolute Gasteiger partial charge is 0.243 e. The number of likely N-dealkylation sites (N-methyl/N-ethyl adjacent to an activating group) is 1. The van der Waals surface area contributed by atoms with Crippen molar-refractivity contribution in [2.24, 2.45) is 5.92 Å². The van der Waals surface area contributed by atoms with Gasteiger partial charge in [0.05, 0.1) is 4.90 Å². The summed E-state index contributed by atoms with van der Waals surface area (Å²) in [5.74, 6) is 0.143. The van der Waals surface area contributed by atoms with Crippen molar-refractivity contribution in [3.8, 4) is 0 Å². The number of amides is 1. The number of likely N-dealkylation sites (tertiary alicyclic amines) is 1. The third-order valence-electron chi connectivity index (χ3n) is 5.85. The average Bonchev–Trinajstić information content (AvgIpc) is 3.09. The minimum Gasteiger partial charge on any atom is -0.338 e. The van der Waals surface area contributed by atoms with E-state index in [4.69, 9.17) is 0 Å². The number of sulfonamides is 1. The lowest BCUT2D eigenvalue weighted by molar-refractivity contribution is -0.137. The van der Waals surface area contributed by atoms with Gasteiger partial charge in [0.2, 0.25) is 15.9 Å². The van der Waals surface area contributed by atoms with Crippen molar-refractivity contribution in [1.82, 2.24) is 14.5 Å². The highest BCUT2D eigenvalue weighted by molar-refractivity contribution is 7.89. The summed E-state index contributed by atoms with van der Waals surface area (Å²) in [6, 6.07) is 5.72. The number of piperidine rings is 1. The Morgan fingerprint density at radius 2 is 1.82 bits per heavy atom. The van der Waals surface area contributed by atoms with Crippen molar-refractivity contribution in [2.45, 2.75) is 50.5 Å². The van der Waals surface area contributed by atoms with Gasteiger partial charge in [-0.15, -0.1) is 12.4 Å². The molecule has 1 atom stereocenters. The van der Waals surface area contributed by atoms with Crippen LogP contribution in [0.1, 0.15) is 36.8 Å². The van der Waals surface area contributed by atoms with E-state index < -0.39 is 10.0 Å². The maximum Gasteiger partial charge on any atom is 0.243 e. The number of rotatable bonds is 5. The number of benzene rings is 1. The molecule has 2 aliphatic heterocycles. The molecule has 158 valence electrons. The zero-order valence-corrected chi connectivity index (χ0v) is 18.6. The summed E-state index contributed by atoms with van der Waals surface area (Å²) in [6.07, 6.45) is 3.31. The van der Waals surface area contributed by atoms with Gasteiger partial charge in [-0.2, -0.15) is 4.31 Å². The van der Waals surface area contributed by atoms with Gasteiger partial charge in [-0.05, 0) is 58.2 Å². The molecule has 1 aromatic carbocycles. The Bertz CT molecular complexity index is 792. The molecule has 1 unspecified atom stereocenters. The Morgan fingerprint density at radius 3 is 2.43 bits per heavy atom. The second kappa shape index (κ2) is 9.57. The number of carbonyl (C=O) groups is 1. The normalized spacial score (nSPS) is 21.5. The molecule has 1 aromatic rings. The van der Waals surface area contributed by atoms with Crippen molar-refractivity contribution >= 4 is 28.3 Å². The highest BCUT2D eigenvalue weighted by Gasteiger charge is 2.37. The van der Waals surface area contributed by atoms with E-state index in [0.717, 1.165) is 37.1 Å². The van der Waals surface area contributed by atoms with Gasteiger partial charge >= 0.3 is 0 Å². The maximum absolute atomic E-state index is 13.0. The Hall–Kier alpha value is -1.15. The van der Waals surface area contributed by atoms with Crippen LogP contribution < -0.4 is 5.32 Å². The fraction of sp³-hybridized carbons (Fsp3) is 0.650. The van der Waals surface area contributed by atoms with Gasteiger partial charge in [-0.1, -0.05) is 17.7 Å². The van der Waals surface area contributed by atoms with Crippen LogP contribution in [0.15, 0.2) is 23.1 Å². The summed E-state index contributed by atoms with van der Waals surface area (Å²) in [7, 11) is -1.58. The molecule has 0 aromatic heterocycles. The van der Waals surface area contributed by atoms with Crippen LogP contribution in [-0.4, -0.2) is 62.8 Å². The Morgan fingerprint density at radius 1 is 1.14 bits per heavy atom. The third kappa shape index (κ3) is 4.70. The third-order valence-corrected chi connectivity index (χ3v) is 7.91. The van der Waals surface area contributed by atoms with Crippen LogP contribution >= 0.6 is 12.4 Å². The first kappa shape index (κ1) is 23.1. The zero-order valence-electron chi connectivity index (χ0n) is 17.0. The first-order valence-electron chi connectivity index (χ1n) is 9.87. The first-order valence-corrected chi connectivity index (χ1v) is 11.3. The zero-order chi connectivity index (χ0) is 19.6. The fourth-order valence-corrected chi connectivity index (χ4v) is 6.05. The van der Waals surface area contributed by atoms with Gasteiger partial charge in [-0.3, -0.25) is 4.79 Å². The van der Waals surface area contributed by atoms with Crippen LogP contribution in [-0.2, 0) is 14.8 Å². The van der Waals surface area contributed by atoms with Crippen LogP contribution in [0, 0.1) is 19.8 Å². The van der Waals surface area contributed by atoms with Gasteiger partial charge in [0.15, 0.2) is 0 Å². The molecular weight excluding hydrogens is 398 g/mol. The molecule has 8 heteroatoms. The Balaban J connectivity index is 0.00000280. The topological polar surface area (TPSA) is 69.7 Å². The predicted molar refractivity (Wildman–Crippen MR) is 113 cm³/mol. The summed E-state index contributed by atoms with van der Waals surface area (Å²) in [5, 5.41) is 3.17. The highest BCUT2D eigenvalue weighted by atomic mass is 35.5. The van der Waals surface area contributed by atoms with Gasteiger partial charge in [-0.25, -0.2) is 8.42 Å².